The van der Waals surface area contributed by atoms with Gasteiger partial charge >= 0.3 is 6.18 Å². The standard InChI is InChI=1S/C19H14F3N3OS/c20-19(21,22)12-27-17-8-4-3-7-16(17)25-18(26)10-9-13-11-23-14-5-1-2-6-15(14)24-13/h1-11H,12H2,(H,25,26)/b10-9+. The number of thioether (sulfide) groups is 1. The van der Waals surface area contributed by atoms with Crippen LogP contribution in [0, 0.1) is 0 Å². The summed E-state index contributed by atoms with van der Waals surface area (Å²) in [6.07, 6.45) is 0.0277. The average Bonchev–Trinajstić information content (AvgIpc) is 2.65. The fraction of sp³-hybridized carbons (Fsp3) is 0.105. The lowest BCUT2D eigenvalue weighted by Gasteiger charge is -2.10. The smallest absolute Gasteiger partial charge is 0.321 e. The van der Waals surface area contributed by atoms with Gasteiger partial charge in [0.1, 0.15) is 0 Å². The van der Waals surface area contributed by atoms with Gasteiger partial charge < -0.3 is 5.32 Å². The summed E-state index contributed by atoms with van der Waals surface area (Å²) in [4.78, 5) is 21.1. The number of carbonyl (C=O) groups is 1. The summed E-state index contributed by atoms with van der Waals surface area (Å²) >= 11 is 0.626. The number of anilines is 1. The van der Waals surface area contributed by atoms with Gasteiger partial charge in [0.25, 0.3) is 0 Å². The lowest BCUT2D eigenvalue weighted by atomic mass is 10.3. The Bertz CT molecular complexity index is 989. The first-order valence-electron chi connectivity index (χ1n) is 7.90. The number of alkyl halides is 3. The summed E-state index contributed by atoms with van der Waals surface area (Å²) in [7, 11) is 0. The van der Waals surface area contributed by atoms with E-state index >= 15 is 0 Å². The lowest BCUT2D eigenvalue weighted by molar-refractivity contribution is -0.112. The molecule has 0 atom stereocenters. The second-order valence-corrected chi connectivity index (χ2v) is 6.52. The molecule has 3 aromatic rings. The fourth-order valence-electron chi connectivity index (χ4n) is 2.24. The summed E-state index contributed by atoms with van der Waals surface area (Å²) in [6.45, 7) is 0. The molecule has 0 unspecified atom stereocenters. The van der Waals surface area contributed by atoms with Crippen LogP contribution in [-0.2, 0) is 4.79 Å². The second-order valence-electron chi connectivity index (χ2n) is 5.51. The molecule has 0 bridgehead atoms. The van der Waals surface area contributed by atoms with Crippen LogP contribution in [0.3, 0.4) is 0 Å². The van der Waals surface area contributed by atoms with Crippen LogP contribution in [0.2, 0.25) is 0 Å². The number of para-hydroxylation sites is 3. The van der Waals surface area contributed by atoms with E-state index in [1.165, 1.54) is 18.2 Å². The Labute approximate surface area is 157 Å². The molecule has 2 aromatic carbocycles. The van der Waals surface area contributed by atoms with Crippen LogP contribution in [-0.4, -0.2) is 27.8 Å². The van der Waals surface area contributed by atoms with Crippen LogP contribution in [0.25, 0.3) is 17.1 Å². The number of nitrogens with zero attached hydrogens (tertiary/aromatic N) is 2. The number of fused-ring (bicyclic) bond motifs is 1. The van der Waals surface area contributed by atoms with Crippen molar-refractivity contribution < 1.29 is 18.0 Å². The molecule has 0 fully saturated rings. The summed E-state index contributed by atoms with van der Waals surface area (Å²) in [6, 6.07) is 13.7. The van der Waals surface area contributed by atoms with E-state index < -0.39 is 17.8 Å². The Kier molecular flexibility index (Phi) is 5.75. The summed E-state index contributed by atoms with van der Waals surface area (Å²) in [5.41, 5.74) is 2.28. The van der Waals surface area contributed by atoms with E-state index in [0.29, 0.717) is 33.6 Å². The lowest BCUT2D eigenvalue weighted by Crippen LogP contribution is -2.12. The van der Waals surface area contributed by atoms with Crippen molar-refractivity contribution in [3.63, 3.8) is 0 Å². The summed E-state index contributed by atoms with van der Waals surface area (Å²) in [5.74, 6) is -1.49. The van der Waals surface area contributed by atoms with Crippen LogP contribution in [0.1, 0.15) is 5.69 Å². The molecule has 0 saturated carbocycles. The van der Waals surface area contributed by atoms with Gasteiger partial charge in [0, 0.05) is 11.0 Å². The van der Waals surface area contributed by atoms with E-state index in [1.807, 2.05) is 24.3 Å². The van der Waals surface area contributed by atoms with Crippen LogP contribution in [0.4, 0.5) is 18.9 Å². The summed E-state index contributed by atoms with van der Waals surface area (Å²) < 4.78 is 37.3. The second kappa shape index (κ2) is 8.22. The van der Waals surface area contributed by atoms with Gasteiger partial charge in [0.15, 0.2) is 0 Å². The highest BCUT2D eigenvalue weighted by Crippen LogP contribution is 2.32. The van der Waals surface area contributed by atoms with Crippen molar-refractivity contribution in [3.05, 3.63) is 66.5 Å². The molecular weight excluding hydrogens is 375 g/mol. The fourth-order valence-corrected chi connectivity index (χ4v) is 3.01. The highest BCUT2D eigenvalue weighted by Gasteiger charge is 2.27. The normalized spacial score (nSPS) is 11.8. The maximum atomic E-state index is 12.4. The van der Waals surface area contributed by atoms with Crippen LogP contribution in [0.5, 0.6) is 0 Å². The topological polar surface area (TPSA) is 54.9 Å². The van der Waals surface area contributed by atoms with Gasteiger partial charge in [-0.25, -0.2) is 4.98 Å². The van der Waals surface area contributed by atoms with Crippen molar-refractivity contribution >= 4 is 40.5 Å². The molecule has 3 rings (SSSR count). The molecule has 0 radical (unpaired) electrons. The van der Waals surface area contributed by atoms with Crippen LogP contribution in [0.15, 0.2) is 65.7 Å². The Balaban J connectivity index is 1.69. The van der Waals surface area contributed by atoms with Gasteiger partial charge in [-0.15, -0.1) is 11.8 Å². The molecule has 0 spiro atoms. The largest absolute Gasteiger partial charge is 0.398 e. The van der Waals surface area contributed by atoms with Gasteiger partial charge in [-0.3, -0.25) is 9.78 Å². The number of benzene rings is 2. The van der Waals surface area contributed by atoms with Crippen molar-refractivity contribution in [2.75, 3.05) is 11.1 Å². The Hall–Kier alpha value is -2.87. The molecule has 0 aliphatic rings. The minimum atomic E-state index is -4.28. The SMILES string of the molecule is O=C(/C=C/c1cnc2ccccc2n1)Nc1ccccc1SCC(F)(F)F. The highest BCUT2D eigenvalue weighted by atomic mass is 32.2. The molecule has 27 heavy (non-hydrogen) atoms. The molecule has 8 heteroatoms. The zero-order chi connectivity index (χ0) is 19.3. The van der Waals surface area contributed by atoms with Crippen molar-refractivity contribution in [1.29, 1.82) is 0 Å². The monoisotopic (exact) mass is 389 g/mol. The number of rotatable bonds is 5. The third-order valence-corrected chi connectivity index (χ3v) is 4.55. The first-order valence-corrected chi connectivity index (χ1v) is 8.89. The first-order chi connectivity index (χ1) is 12.9. The number of aromatic nitrogens is 2. The maximum absolute atomic E-state index is 12.4. The predicted octanol–water partition coefficient (Wildman–Crippen LogP) is 4.94. The third-order valence-electron chi connectivity index (χ3n) is 3.41. The minimum Gasteiger partial charge on any atom is -0.321 e. The van der Waals surface area contributed by atoms with Crippen molar-refractivity contribution in [3.8, 4) is 0 Å². The number of hydrogen-bond donors (Lipinski definition) is 1. The van der Waals surface area contributed by atoms with E-state index in [-0.39, 0.29) is 0 Å². The van der Waals surface area contributed by atoms with E-state index in [1.54, 1.807) is 24.4 Å². The minimum absolute atomic E-state index is 0.325. The van der Waals surface area contributed by atoms with Crippen molar-refractivity contribution in [1.82, 2.24) is 9.97 Å². The van der Waals surface area contributed by atoms with Crippen LogP contribution >= 0.6 is 11.8 Å². The van der Waals surface area contributed by atoms with E-state index in [9.17, 15) is 18.0 Å². The van der Waals surface area contributed by atoms with E-state index in [2.05, 4.69) is 15.3 Å². The molecule has 1 heterocycles. The third kappa shape index (κ3) is 5.55. The number of carbonyl (C=O) groups excluding carboxylic acids is 1. The van der Waals surface area contributed by atoms with E-state index in [4.69, 9.17) is 0 Å². The first kappa shape index (κ1) is 18.9. The van der Waals surface area contributed by atoms with Gasteiger partial charge in [-0.2, -0.15) is 13.2 Å². The zero-order valence-electron chi connectivity index (χ0n) is 13.9. The Morgan fingerprint density at radius 1 is 1.07 bits per heavy atom. The molecule has 0 aliphatic heterocycles. The van der Waals surface area contributed by atoms with Gasteiger partial charge in [-0.1, -0.05) is 24.3 Å². The number of amides is 1. The predicted molar refractivity (Wildman–Crippen MR) is 100 cm³/mol. The number of halogens is 3. The molecular formula is C19H14F3N3OS. The van der Waals surface area contributed by atoms with Crippen LogP contribution < -0.4 is 5.32 Å². The zero-order valence-corrected chi connectivity index (χ0v) is 14.7. The van der Waals surface area contributed by atoms with Gasteiger partial charge in [0.2, 0.25) is 5.91 Å². The van der Waals surface area contributed by atoms with Crippen molar-refractivity contribution in [2.24, 2.45) is 0 Å². The molecule has 0 saturated heterocycles. The molecule has 138 valence electrons. The van der Waals surface area contributed by atoms with Crippen molar-refractivity contribution in [2.45, 2.75) is 11.1 Å². The molecule has 4 nitrogen and oxygen atoms in total. The summed E-state index contributed by atoms with van der Waals surface area (Å²) in [5, 5.41) is 2.59. The van der Waals surface area contributed by atoms with Gasteiger partial charge in [-0.05, 0) is 30.3 Å². The maximum Gasteiger partial charge on any atom is 0.398 e. The Morgan fingerprint density at radius 3 is 2.56 bits per heavy atom. The molecule has 1 N–H and O–H groups in total. The number of nitrogens with one attached hydrogen (secondary N) is 1. The van der Waals surface area contributed by atoms with Gasteiger partial charge in [0.05, 0.1) is 34.4 Å². The molecule has 0 aliphatic carbocycles. The average molecular weight is 389 g/mol. The Morgan fingerprint density at radius 2 is 1.78 bits per heavy atom. The number of hydrogen-bond acceptors (Lipinski definition) is 4. The molecule has 1 aromatic heterocycles. The molecule has 1 amide bonds. The quantitative estimate of drug-likeness (QED) is 0.496. The highest BCUT2D eigenvalue weighted by molar-refractivity contribution is 7.99. The van der Waals surface area contributed by atoms with E-state index in [0.717, 1.165) is 5.52 Å².